The summed E-state index contributed by atoms with van der Waals surface area (Å²) < 4.78 is 63.8. The number of nitrogens with one attached hydrogen (secondary N) is 1. The van der Waals surface area contributed by atoms with Crippen molar-refractivity contribution >= 4 is 52.8 Å². The van der Waals surface area contributed by atoms with E-state index >= 15 is 8.78 Å². The Morgan fingerprint density at radius 1 is 1.12 bits per heavy atom. The van der Waals surface area contributed by atoms with E-state index in [2.05, 4.69) is 37.2 Å². The van der Waals surface area contributed by atoms with E-state index in [1.54, 1.807) is 6.07 Å². The summed E-state index contributed by atoms with van der Waals surface area (Å²) in [5, 5.41) is 20.7. The number of halogens is 2. The van der Waals surface area contributed by atoms with Crippen LogP contribution in [0.15, 0.2) is 29.7 Å². The Hall–Kier alpha value is -3.19. The summed E-state index contributed by atoms with van der Waals surface area (Å²) in [4.78, 5) is 30.4. The SMILES string of the molecule is Nc1nc2c(ncn2[C@@H]2O[C@H](CO)[C@@H](F)[C@H]2P(=O)(S)OC[C@H]2O[C@@H](n3ccc4c(N)ncnc43)[C@@H](F)[C@@H]2O)c(=O)[nH]1. The Morgan fingerprint density at radius 3 is 2.63 bits per heavy atom. The van der Waals surface area contributed by atoms with Crippen molar-refractivity contribution in [3.8, 4) is 0 Å². The van der Waals surface area contributed by atoms with E-state index in [1.807, 2.05) is 0 Å². The average molecular weight is 616 g/mol. The molecule has 0 spiro atoms. The van der Waals surface area contributed by atoms with Gasteiger partial charge in [-0.25, -0.2) is 23.7 Å². The third-order valence-electron chi connectivity index (χ3n) is 7.10. The molecule has 9 atom stereocenters. The number of hydrogen-bond donors (Lipinski definition) is 6. The molecular weight excluding hydrogens is 591 g/mol. The van der Waals surface area contributed by atoms with Crippen LogP contribution in [0, 0.1) is 0 Å². The number of ether oxygens (including phenoxy) is 2. The van der Waals surface area contributed by atoms with Gasteiger partial charge in [0.2, 0.25) is 5.95 Å². The number of fused-ring (bicyclic) bond motifs is 2. The fourth-order valence-corrected chi connectivity index (χ4v) is 7.63. The lowest BCUT2D eigenvalue weighted by molar-refractivity contribution is -0.0414. The Kier molecular flexibility index (Phi) is 7.00. The van der Waals surface area contributed by atoms with E-state index in [-0.39, 0.29) is 28.6 Å². The first-order valence-electron chi connectivity index (χ1n) is 12.2. The molecule has 16 nitrogen and oxygen atoms in total. The van der Waals surface area contributed by atoms with Gasteiger partial charge in [-0.1, -0.05) is 12.2 Å². The van der Waals surface area contributed by atoms with Gasteiger partial charge < -0.3 is 40.2 Å². The standard InChI is InChI=1S/C21H24F2N9O7PS/c22-10-8(3-33)38-20(32-6-28-12-17(32)29-21(25)30-18(12)35)14(10)40(36,41)37-4-9-13(34)11(23)19(39-9)31-2-1-7-15(24)26-5-27-16(7)31/h1-2,5-6,8-11,13-14,19-20,33-34H,3-4H2,(H,36,41)(H2,24,26,27)(H3,25,29,30,35)/t8-,9-,10-,11+,13-,14-,19-,20-,40?/m1/s1. The van der Waals surface area contributed by atoms with Gasteiger partial charge in [-0.2, -0.15) is 4.98 Å². The highest BCUT2D eigenvalue weighted by atomic mass is 32.7. The van der Waals surface area contributed by atoms with Crippen LogP contribution in [-0.2, 0) is 18.6 Å². The second-order valence-corrected chi connectivity index (χ2v) is 13.2. The second kappa shape index (κ2) is 10.3. The minimum absolute atomic E-state index is 0.0959. The molecule has 0 bridgehead atoms. The van der Waals surface area contributed by atoms with Gasteiger partial charge in [0.05, 0.1) is 24.9 Å². The van der Waals surface area contributed by atoms with Crippen LogP contribution in [-0.4, -0.2) is 93.8 Å². The van der Waals surface area contributed by atoms with Crippen LogP contribution in [0.1, 0.15) is 12.5 Å². The van der Waals surface area contributed by atoms with Crippen molar-refractivity contribution in [3.05, 3.63) is 35.3 Å². The molecule has 4 aromatic heterocycles. The molecule has 6 heterocycles. The summed E-state index contributed by atoms with van der Waals surface area (Å²) in [5.41, 5.74) is 9.18. The van der Waals surface area contributed by atoms with Crippen LogP contribution in [0.25, 0.3) is 22.2 Å². The van der Waals surface area contributed by atoms with E-state index in [1.165, 1.54) is 17.1 Å². The van der Waals surface area contributed by atoms with Crippen LogP contribution in [0.5, 0.6) is 0 Å². The van der Waals surface area contributed by atoms with E-state index in [4.69, 9.17) is 25.5 Å². The van der Waals surface area contributed by atoms with Crippen molar-refractivity contribution in [3.63, 3.8) is 0 Å². The molecule has 6 rings (SSSR count). The molecule has 2 aliphatic rings. The van der Waals surface area contributed by atoms with Gasteiger partial charge in [0.1, 0.15) is 47.9 Å². The molecule has 0 radical (unpaired) electrons. The van der Waals surface area contributed by atoms with Gasteiger partial charge in [0.15, 0.2) is 29.8 Å². The van der Waals surface area contributed by atoms with Gasteiger partial charge in [0, 0.05) is 6.20 Å². The first kappa shape index (κ1) is 28.0. The number of H-pyrrole nitrogens is 1. The lowest BCUT2D eigenvalue weighted by Crippen LogP contribution is -2.33. The number of imidazole rings is 1. The smallest absolute Gasteiger partial charge is 0.280 e. The number of thiol groups is 1. The summed E-state index contributed by atoms with van der Waals surface area (Å²) in [7, 11) is 0. The van der Waals surface area contributed by atoms with Gasteiger partial charge in [-0.3, -0.25) is 18.9 Å². The van der Waals surface area contributed by atoms with Crippen LogP contribution in [0.4, 0.5) is 20.5 Å². The van der Waals surface area contributed by atoms with Crippen molar-refractivity contribution < 1.29 is 37.6 Å². The Balaban J connectivity index is 1.25. The zero-order valence-electron chi connectivity index (χ0n) is 20.8. The lowest BCUT2D eigenvalue weighted by atomic mass is 10.1. The molecule has 4 aromatic rings. The monoisotopic (exact) mass is 615 g/mol. The van der Waals surface area contributed by atoms with Crippen molar-refractivity contribution in [1.82, 2.24) is 34.1 Å². The van der Waals surface area contributed by atoms with Crippen molar-refractivity contribution in [2.45, 2.75) is 48.8 Å². The largest absolute Gasteiger partial charge is 0.394 e. The van der Waals surface area contributed by atoms with E-state index in [0.29, 0.717) is 5.39 Å². The van der Waals surface area contributed by atoms with Gasteiger partial charge >= 0.3 is 0 Å². The Bertz CT molecular complexity index is 1720. The quantitative estimate of drug-likeness (QED) is 0.119. The minimum atomic E-state index is -4.34. The van der Waals surface area contributed by atoms with Crippen LogP contribution in [0.3, 0.4) is 0 Å². The van der Waals surface area contributed by atoms with E-state index in [0.717, 1.165) is 10.9 Å². The molecule has 2 fully saturated rings. The lowest BCUT2D eigenvalue weighted by Gasteiger charge is -2.27. The molecule has 0 aromatic carbocycles. The number of nitrogens with two attached hydrogens (primary N) is 2. The number of aliphatic hydroxyl groups is 2. The molecule has 1 unspecified atom stereocenters. The topological polar surface area (TPSA) is 232 Å². The summed E-state index contributed by atoms with van der Waals surface area (Å²) in [6.45, 7) is -5.76. The normalized spacial score (nSPS) is 31.7. The van der Waals surface area contributed by atoms with E-state index in [9.17, 15) is 19.6 Å². The minimum Gasteiger partial charge on any atom is -0.394 e. The maximum Gasteiger partial charge on any atom is 0.280 e. The number of alkyl halides is 2. The molecule has 220 valence electrons. The molecule has 0 aliphatic carbocycles. The van der Waals surface area contributed by atoms with Crippen LogP contribution in [0.2, 0.25) is 0 Å². The zero-order valence-corrected chi connectivity index (χ0v) is 22.6. The predicted octanol–water partition coefficient (Wildman–Crippen LogP) is 0.0612. The van der Waals surface area contributed by atoms with Crippen LogP contribution >= 0.6 is 18.8 Å². The number of aliphatic hydroxyl groups excluding tert-OH is 2. The molecule has 2 saturated heterocycles. The molecule has 0 amide bonds. The number of anilines is 2. The molecular formula is C21H24F2N9O7PS. The van der Waals surface area contributed by atoms with Gasteiger partial charge in [-0.15, -0.1) is 0 Å². The van der Waals surface area contributed by atoms with Gasteiger partial charge in [0.25, 0.3) is 12.1 Å². The molecule has 2 aliphatic heterocycles. The highest BCUT2D eigenvalue weighted by molar-refractivity contribution is 8.46. The second-order valence-electron chi connectivity index (χ2n) is 9.54. The van der Waals surface area contributed by atoms with Crippen LogP contribution < -0.4 is 17.0 Å². The van der Waals surface area contributed by atoms with Gasteiger partial charge in [-0.05, 0) is 6.07 Å². The van der Waals surface area contributed by atoms with Crippen molar-refractivity contribution in [1.29, 1.82) is 0 Å². The number of nitrogens with zero attached hydrogens (tertiary/aromatic N) is 6. The van der Waals surface area contributed by atoms with Crippen molar-refractivity contribution in [2.24, 2.45) is 0 Å². The highest BCUT2D eigenvalue weighted by Gasteiger charge is 2.56. The number of aromatic nitrogens is 7. The summed E-state index contributed by atoms with van der Waals surface area (Å²) >= 11 is 4.13. The number of nitrogen functional groups attached to an aromatic ring is 2. The highest BCUT2D eigenvalue weighted by Crippen LogP contribution is 2.64. The summed E-state index contributed by atoms with van der Waals surface area (Å²) in [5.74, 6) is -0.0889. The fourth-order valence-electron chi connectivity index (χ4n) is 5.08. The molecule has 20 heteroatoms. The maximum absolute atomic E-state index is 15.5. The number of rotatable bonds is 7. The molecule has 41 heavy (non-hydrogen) atoms. The van der Waals surface area contributed by atoms with Crippen molar-refractivity contribution in [2.75, 3.05) is 24.7 Å². The predicted molar refractivity (Wildman–Crippen MR) is 142 cm³/mol. The maximum atomic E-state index is 15.5. The molecule has 0 saturated carbocycles. The molecule has 7 N–H and O–H groups in total. The third kappa shape index (κ3) is 4.57. The first-order chi connectivity index (χ1) is 19.5. The summed E-state index contributed by atoms with van der Waals surface area (Å²) in [6.07, 6.45) is -7.51. The fraction of sp³-hybridized carbons (Fsp3) is 0.476. The average Bonchev–Trinajstić information content (AvgIpc) is 3.68. The third-order valence-corrected chi connectivity index (χ3v) is 10.1. The number of hydrogen-bond acceptors (Lipinski definition) is 13. The first-order valence-corrected chi connectivity index (χ1v) is 15.0. The Labute approximate surface area is 233 Å². The number of aromatic amines is 1. The Morgan fingerprint density at radius 2 is 1.88 bits per heavy atom. The summed E-state index contributed by atoms with van der Waals surface area (Å²) in [6, 6.07) is 1.56. The van der Waals surface area contributed by atoms with E-state index < -0.39 is 74.1 Å². The zero-order chi connectivity index (χ0) is 29.2.